The van der Waals surface area contributed by atoms with Crippen LogP contribution in [0.4, 0.5) is 0 Å². The molecule has 0 aliphatic rings. The minimum Gasteiger partial charge on any atom is -0.347 e. The Morgan fingerprint density at radius 2 is 2.00 bits per heavy atom. The third-order valence-electron chi connectivity index (χ3n) is 3.29. The number of H-pyrrole nitrogens is 1. The average Bonchev–Trinajstić information content (AvgIpc) is 3.06. The van der Waals surface area contributed by atoms with Gasteiger partial charge in [-0.2, -0.15) is 0 Å². The highest BCUT2D eigenvalue weighted by atomic mass is 16.1. The molecule has 6 heteroatoms. The van der Waals surface area contributed by atoms with Crippen molar-refractivity contribution >= 4 is 16.9 Å². The smallest absolute Gasteiger partial charge is 0.251 e. The fourth-order valence-corrected chi connectivity index (χ4v) is 2.18. The van der Waals surface area contributed by atoms with E-state index < -0.39 is 0 Å². The van der Waals surface area contributed by atoms with Crippen LogP contribution < -0.4 is 5.32 Å². The van der Waals surface area contributed by atoms with Crippen LogP contribution in [0.2, 0.25) is 0 Å². The van der Waals surface area contributed by atoms with Gasteiger partial charge in [-0.15, -0.1) is 0 Å². The van der Waals surface area contributed by atoms with Crippen molar-refractivity contribution < 1.29 is 4.79 Å². The Balaban J connectivity index is 1.83. The monoisotopic (exact) mass is 281 g/mol. The van der Waals surface area contributed by atoms with Gasteiger partial charge >= 0.3 is 0 Å². The highest BCUT2D eigenvalue weighted by Gasteiger charge is 2.16. The van der Waals surface area contributed by atoms with Gasteiger partial charge in [-0.25, -0.2) is 4.98 Å². The number of nitrogens with one attached hydrogen (secondary N) is 2. The molecule has 2 heterocycles. The maximum absolute atomic E-state index is 12.4. The van der Waals surface area contributed by atoms with Crippen LogP contribution in [0.5, 0.6) is 0 Å². The number of hydrogen-bond acceptors (Lipinski definition) is 4. The van der Waals surface area contributed by atoms with E-state index >= 15 is 0 Å². The predicted molar refractivity (Wildman–Crippen MR) is 78.6 cm³/mol. The second kappa shape index (κ2) is 5.70. The maximum Gasteiger partial charge on any atom is 0.251 e. The Kier molecular flexibility index (Phi) is 3.59. The number of aromatic amines is 1. The molecule has 2 aromatic heterocycles. The first kappa shape index (κ1) is 13.2. The Morgan fingerprint density at radius 3 is 2.71 bits per heavy atom. The molecule has 1 unspecified atom stereocenters. The summed E-state index contributed by atoms with van der Waals surface area (Å²) in [6.45, 7) is 2.00. The minimum atomic E-state index is -0.147. The fourth-order valence-electron chi connectivity index (χ4n) is 2.18. The number of carbonyl (C=O) groups is 1. The summed E-state index contributed by atoms with van der Waals surface area (Å²) < 4.78 is 0. The van der Waals surface area contributed by atoms with Crippen molar-refractivity contribution in [3.8, 4) is 0 Å². The van der Waals surface area contributed by atoms with Gasteiger partial charge < -0.3 is 10.3 Å². The molecule has 1 amide bonds. The molecule has 0 spiro atoms. The van der Waals surface area contributed by atoms with Crippen LogP contribution in [0.1, 0.15) is 35.6 Å². The van der Waals surface area contributed by atoms with E-state index in [4.69, 9.17) is 0 Å². The van der Waals surface area contributed by atoms with Crippen molar-refractivity contribution in [3.05, 3.63) is 54.4 Å². The highest BCUT2D eigenvalue weighted by Crippen LogP contribution is 2.15. The van der Waals surface area contributed by atoms with Crippen LogP contribution >= 0.6 is 0 Å². The molecule has 1 atom stereocenters. The molecule has 0 saturated heterocycles. The summed E-state index contributed by atoms with van der Waals surface area (Å²) in [4.78, 5) is 28.0. The first-order chi connectivity index (χ1) is 10.3. The van der Waals surface area contributed by atoms with Crippen LogP contribution in [0.15, 0.2) is 43.0 Å². The van der Waals surface area contributed by atoms with Crippen LogP contribution in [0, 0.1) is 0 Å². The van der Waals surface area contributed by atoms with Crippen molar-refractivity contribution in [2.45, 2.75) is 19.4 Å². The normalized spacial score (nSPS) is 12.2. The molecule has 0 fully saturated rings. The molecule has 0 radical (unpaired) electrons. The molecule has 0 bridgehead atoms. The maximum atomic E-state index is 12.4. The van der Waals surface area contributed by atoms with Crippen LogP contribution in [0.3, 0.4) is 0 Å². The Bertz CT molecular complexity index is 754. The number of benzene rings is 1. The molecular formula is C15H15N5O. The van der Waals surface area contributed by atoms with Crippen molar-refractivity contribution in [2.24, 2.45) is 0 Å². The van der Waals surface area contributed by atoms with Gasteiger partial charge in [-0.3, -0.25) is 14.8 Å². The molecule has 2 N–H and O–H groups in total. The number of imidazole rings is 1. The lowest BCUT2D eigenvalue weighted by molar-refractivity contribution is 0.0934. The van der Waals surface area contributed by atoms with E-state index in [2.05, 4.69) is 25.3 Å². The molecule has 1 aromatic carbocycles. The summed E-state index contributed by atoms with van der Waals surface area (Å²) in [7, 11) is 0. The van der Waals surface area contributed by atoms with E-state index in [1.165, 1.54) is 0 Å². The van der Waals surface area contributed by atoms with Gasteiger partial charge in [0.25, 0.3) is 5.91 Å². The number of nitrogens with zero attached hydrogens (tertiary/aromatic N) is 3. The summed E-state index contributed by atoms with van der Waals surface area (Å²) >= 11 is 0. The second-order valence-electron chi connectivity index (χ2n) is 4.67. The average molecular weight is 281 g/mol. The molecule has 3 aromatic rings. The standard InChI is InChI=1S/C15H15N5O/c1-2-11(14-18-7-8-19-14)20-15(21)10-3-4-12-13(9-10)17-6-5-16-12/h3-9,11H,2H2,1H3,(H,18,19)(H,20,21). The zero-order valence-electron chi connectivity index (χ0n) is 11.6. The van der Waals surface area contributed by atoms with Crippen molar-refractivity contribution in [1.29, 1.82) is 0 Å². The predicted octanol–water partition coefficient (Wildman–Crippen LogP) is 2.23. The van der Waals surface area contributed by atoms with Gasteiger partial charge in [-0.05, 0) is 24.6 Å². The Labute approximate surface area is 121 Å². The number of hydrogen-bond donors (Lipinski definition) is 2. The third kappa shape index (κ3) is 2.74. The number of rotatable bonds is 4. The van der Waals surface area contributed by atoms with Gasteiger partial charge in [0.05, 0.1) is 17.1 Å². The first-order valence-corrected chi connectivity index (χ1v) is 6.79. The summed E-state index contributed by atoms with van der Waals surface area (Å²) in [5, 5.41) is 2.97. The van der Waals surface area contributed by atoms with E-state index in [9.17, 15) is 4.79 Å². The summed E-state index contributed by atoms with van der Waals surface area (Å²) in [6.07, 6.45) is 7.42. The summed E-state index contributed by atoms with van der Waals surface area (Å²) in [5.41, 5.74) is 2.04. The molecule has 0 aliphatic carbocycles. The number of fused-ring (bicyclic) bond motifs is 1. The van der Waals surface area contributed by atoms with E-state index in [-0.39, 0.29) is 11.9 Å². The number of carbonyl (C=O) groups excluding carboxylic acids is 1. The van der Waals surface area contributed by atoms with Crippen LogP contribution in [0.25, 0.3) is 11.0 Å². The quantitative estimate of drug-likeness (QED) is 0.768. The summed E-state index contributed by atoms with van der Waals surface area (Å²) in [6, 6.07) is 5.16. The van der Waals surface area contributed by atoms with Gasteiger partial charge in [0, 0.05) is 30.4 Å². The van der Waals surface area contributed by atoms with E-state index in [0.29, 0.717) is 11.1 Å². The van der Waals surface area contributed by atoms with Gasteiger partial charge in [0.2, 0.25) is 0 Å². The highest BCUT2D eigenvalue weighted by molar-refractivity contribution is 5.97. The summed E-state index contributed by atoms with van der Waals surface area (Å²) in [5.74, 6) is 0.609. The lowest BCUT2D eigenvalue weighted by atomic mass is 10.1. The largest absolute Gasteiger partial charge is 0.347 e. The lowest BCUT2D eigenvalue weighted by Crippen LogP contribution is -2.28. The minimum absolute atomic E-state index is 0.134. The molecule has 3 rings (SSSR count). The van der Waals surface area contributed by atoms with Crippen molar-refractivity contribution in [2.75, 3.05) is 0 Å². The van der Waals surface area contributed by atoms with Gasteiger partial charge in [-0.1, -0.05) is 6.92 Å². The van der Waals surface area contributed by atoms with Crippen molar-refractivity contribution in [1.82, 2.24) is 25.3 Å². The van der Waals surface area contributed by atoms with E-state index in [1.807, 2.05) is 6.92 Å². The molecule has 6 nitrogen and oxygen atoms in total. The molecular weight excluding hydrogens is 266 g/mol. The van der Waals surface area contributed by atoms with Crippen molar-refractivity contribution in [3.63, 3.8) is 0 Å². The first-order valence-electron chi connectivity index (χ1n) is 6.79. The van der Waals surface area contributed by atoms with Gasteiger partial charge in [0.15, 0.2) is 0 Å². The number of aromatic nitrogens is 4. The zero-order chi connectivity index (χ0) is 14.7. The Morgan fingerprint density at radius 1 is 1.19 bits per heavy atom. The van der Waals surface area contributed by atoms with E-state index in [0.717, 1.165) is 17.8 Å². The Hall–Kier alpha value is -2.76. The van der Waals surface area contributed by atoms with E-state index in [1.54, 1.807) is 43.0 Å². The molecule has 0 aliphatic heterocycles. The fraction of sp³-hybridized carbons (Fsp3) is 0.200. The number of amides is 1. The van der Waals surface area contributed by atoms with Crippen LogP contribution in [-0.4, -0.2) is 25.8 Å². The molecule has 21 heavy (non-hydrogen) atoms. The topological polar surface area (TPSA) is 83.6 Å². The lowest BCUT2D eigenvalue weighted by Gasteiger charge is -2.14. The second-order valence-corrected chi connectivity index (χ2v) is 4.67. The molecule has 0 saturated carbocycles. The SMILES string of the molecule is CCC(NC(=O)c1ccc2nccnc2c1)c1ncc[nH]1. The third-order valence-corrected chi connectivity index (χ3v) is 3.29. The zero-order valence-corrected chi connectivity index (χ0v) is 11.6. The van der Waals surface area contributed by atoms with Crippen LogP contribution in [-0.2, 0) is 0 Å². The molecule has 106 valence electrons. The van der Waals surface area contributed by atoms with Gasteiger partial charge in [0.1, 0.15) is 5.82 Å².